The number of hydrogen-bond donors (Lipinski definition) is 1. The van der Waals surface area contributed by atoms with E-state index >= 15 is 0 Å². The summed E-state index contributed by atoms with van der Waals surface area (Å²) in [5, 5.41) is 3.55. The molecule has 0 unspecified atom stereocenters. The van der Waals surface area contributed by atoms with Gasteiger partial charge in [0.05, 0.1) is 9.98 Å². The number of carbonyl (C=O) groups is 1. The Kier molecular flexibility index (Phi) is 5.98. The Morgan fingerprint density at radius 1 is 1.50 bits per heavy atom. The van der Waals surface area contributed by atoms with Crippen LogP contribution in [0.2, 0.25) is 0 Å². The number of hydrogen-bond acceptors (Lipinski definition) is 3. The molecule has 0 spiro atoms. The number of aromatic nitrogens is 1. The molecule has 0 atom stereocenters. The highest BCUT2D eigenvalue weighted by Crippen LogP contribution is 2.24. The van der Waals surface area contributed by atoms with Crippen molar-refractivity contribution in [3.05, 3.63) is 9.98 Å². The van der Waals surface area contributed by atoms with Gasteiger partial charge in [-0.05, 0) is 28.8 Å². The Morgan fingerprint density at radius 2 is 2.12 bits per heavy atom. The lowest BCUT2D eigenvalue weighted by molar-refractivity contribution is -0.120. The van der Waals surface area contributed by atoms with Crippen LogP contribution in [0.25, 0.3) is 0 Å². The van der Waals surface area contributed by atoms with Crippen LogP contribution in [-0.2, 0) is 4.79 Å². The maximum atomic E-state index is 11.9. The first-order valence-corrected chi connectivity index (χ1v) is 7.20. The van der Waals surface area contributed by atoms with E-state index in [1.807, 2.05) is 0 Å². The molecule has 0 bridgehead atoms. The zero-order valence-corrected chi connectivity index (χ0v) is 12.0. The summed E-state index contributed by atoms with van der Waals surface area (Å²) in [6.07, 6.45) is 5.69. The molecule has 0 aromatic carbocycles. The molecule has 90 valence electrons. The zero-order chi connectivity index (χ0) is 12.0. The minimum absolute atomic E-state index is 0.102. The van der Waals surface area contributed by atoms with Crippen LogP contribution in [-0.4, -0.2) is 10.9 Å². The molecule has 0 aliphatic heterocycles. The number of amides is 1. The van der Waals surface area contributed by atoms with Gasteiger partial charge in [-0.2, -0.15) is 0 Å². The van der Waals surface area contributed by atoms with Gasteiger partial charge in [-0.25, -0.2) is 4.98 Å². The van der Waals surface area contributed by atoms with Crippen molar-refractivity contribution in [2.24, 2.45) is 5.92 Å². The topological polar surface area (TPSA) is 42.0 Å². The smallest absolute Gasteiger partial charge is 0.229 e. The van der Waals surface area contributed by atoms with Crippen molar-refractivity contribution in [1.82, 2.24) is 4.98 Å². The average molecular weight is 305 g/mol. The van der Waals surface area contributed by atoms with E-state index in [-0.39, 0.29) is 11.8 Å². The second-order valence-corrected chi connectivity index (χ2v) is 6.14. The maximum absolute atomic E-state index is 11.9. The van der Waals surface area contributed by atoms with Crippen LogP contribution in [0, 0.1) is 5.92 Å². The van der Waals surface area contributed by atoms with E-state index in [4.69, 9.17) is 0 Å². The molecule has 1 N–H and O–H groups in total. The molecule has 0 radical (unpaired) electrons. The Bertz CT molecular complexity index is 334. The summed E-state index contributed by atoms with van der Waals surface area (Å²) in [4.78, 5) is 16.0. The first-order chi connectivity index (χ1) is 7.67. The number of anilines is 1. The summed E-state index contributed by atoms with van der Waals surface area (Å²) < 4.78 is 0.935. The molecule has 1 aromatic rings. The van der Waals surface area contributed by atoms with Gasteiger partial charge in [-0.15, -0.1) is 0 Å². The zero-order valence-electron chi connectivity index (χ0n) is 9.62. The number of nitrogens with zero attached hydrogens (tertiary/aromatic N) is 1. The Morgan fingerprint density at radius 3 is 2.56 bits per heavy atom. The van der Waals surface area contributed by atoms with Crippen LogP contribution in [0.4, 0.5) is 5.13 Å². The number of halogens is 1. The molecule has 1 aromatic heterocycles. The molecule has 16 heavy (non-hydrogen) atoms. The number of thiazole rings is 1. The summed E-state index contributed by atoms with van der Waals surface area (Å²) in [7, 11) is 0. The van der Waals surface area contributed by atoms with Gasteiger partial charge in [0.1, 0.15) is 0 Å². The molecule has 1 rings (SSSR count). The van der Waals surface area contributed by atoms with Crippen molar-refractivity contribution in [3.8, 4) is 0 Å². The first-order valence-electron chi connectivity index (χ1n) is 5.59. The van der Waals surface area contributed by atoms with Crippen molar-refractivity contribution in [3.63, 3.8) is 0 Å². The first kappa shape index (κ1) is 13.6. The van der Waals surface area contributed by atoms with Crippen LogP contribution < -0.4 is 5.32 Å². The lowest BCUT2D eigenvalue weighted by atomic mass is 9.97. The van der Waals surface area contributed by atoms with Crippen molar-refractivity contribution in [1.29, 1.82) is 0 Å². The summed E-state index contributed by atoms with van der Waals surface area (Å²) in [6.45, 7) is 4.21. The second-order valence-electron chi connectivity index (χ2n) is 3.73. The normalized spacial score (nSPS) is 10.8. The predicted octanol–water partition coefficient (Wildman–Crippen LogP) is 4.06. The molecule has 1 amide bonds. The van der Waals surface area contributed by atoms with Crippen molar-refractivity contribution in [2.45, 2.75) is 39.5 Å². The summed E-state index contributed by atoms with van der Waals surface area (Å²) in [5.41, 5.74) is 0. The van der Waals surface area contributed by atoms with Gasteiger partial charge in [0.15, 0.2) is 5.13 Å². The Balaban J connectivity index is 2.54. The van der Waals surface area contributed by atoms with Crippen LogP contribution in [0.5, 0.6) is 0 Å². The number of rotatable bonds is 6. The van der Waals surface area contributed by atoms with E-state index in [9.17, 15) is 4.79 Å². The van der Waals surface area contributed by atoms with E-state index in [0.29, 0.717) is 5.13 Å². The molecule has 0 fully saturated rings. The van der Waals surface area contributed by atoms with Crippen LogP contribution in [0.1, 0.15) is 39.5 Å². The monoisotopic (exact) mass is 304 g/mol. The van der Waals surface area contributed by atoms with Gasteiger partial charge in [-0.3, -0.25) is 4.79 Å². The quantitative estimate of drug-likeness (QED) is 0.861. The highest BCUT2D eigenvalue weighted by molar-refractivity contribution is 9.11. The molecule has 0 saturated heterocycles. The lowest BCUT2D eigenvalue weighted by Gasteiger charge is -2.13. The van der Waals surface area contributed by atoms with Crippen molar-refractivity contribution < 1.29 is 4.79 Å². The fraction of sp³-hybridized carbons (Fsp3) is 0.636. The summed E-state index contributed by atoms with van der Waals surface area (Å²) in [5.74, 6) is 0.225. The molecule has 0 saturated carbocycles. The van der Waals surface area contributed by atoms with E-state index in [1.165, 1.54) is 11.3 Å². The molecule has 0 aliphatic rings. The lowest BCUT2D eigenvalue weighted by Crippen LogP contribution is -2.22. The van der Waals surface area contributed by atoms with Gasteiger partial charge in [-0.1, -0.05) is 38.0 Å². The Hall–Kier alpha value is -0.420. The maximum Gasteiger partial charge on any atom is 0.229 e. The molecule has 3 nitrogen and oxygen atoms in total. The third-order valence-electron chi connectivity index (χ3n) is 2.35. The van der Waals surface area contributed by atoms with Gasteiger partial charge in [0.25, 0.3) is 0 Å². The minimum atomic E-state index is 0.102. The van der Waals surface area contributed by atoms with Gasteiger partial charge < -0.3 is 5.32 Å². The summed E-state index contributed by atoms with van der Waals surface area (Å²) in [6, 6.07) is 0. The van der Waals surface area contributed by atoms with Crippen molar-refractivity contribution in [2.75, 3.05) is 5.32 Å². The fourth-order valence-electron chi connectivity index (χ4n) is 1.62. The van der Waals surface area contributed by atoms with Gasteiger partial charge in [0.2, 0.25) is 5.91 Å². The second kappa shape index (κ2) is 7.01. The third kappa shape index (κ3) is 4.22. The molecule has 1 heterocycles. The SMILES string of the molecule is CCCC(CCC)C(=O)Nc1ncc(Br)s1. The number of carbonyl (C=O) groups excluding carboxylic acids is 1. The van der Waals surface area contributed by atoms with Crippen LogP contribution in [0.15, 0.2) is 9.98 Å². The molecule has 0 aliphatic carbocycles. The average Bonchev–Trinajstić information content (AvgIpc) is 2.63. The minimum Gasteiger partial charge on any atom is -0.302 e. The van der Waals surface area contributed by atoms with E-state index in [1.54, 1.807) is 6.20 Å². The molecular formula is C11H17BrN2OS. The fourth-order valence-corrected chi connectivity index (χ4v) is 2.73. The van der Waals surface area contributed by atoms with Crippen molar-refractivity contribution >= 4 is 38.3 Å². The van der Waals surface area contributed by atoms with E-state index in [2.05, 4.69) is 40.1 Å². The third-order valence-corrected chi connectivity index (χ3v) is 3.74. The standard InChI is InChI=1S/C11H17BrN2OS/c1-3-5-8(6-4-2)10(15)14-11-13-7-9(12)16-11/h7-8H,3-6H2,1-2H3,(H,13,14,15). The van der Waals surface area contributed by atoms with E-state index < -0.39 is 0 Å². The molecular weight excluding hydrogens is 288 g/mol. The largest absolute Gasteiger partial charge is 0.302 e. The van der Waals surface area contributed by atoms with Crippen LogP contribution >= 0.6 is 27.3 Å². The highest BCUT2D eigenvalue weighted by atomic mass is 79.9. The Labute approximate surface area is 109 Å². The van der Waals surface area contributed by atoms with E-state index in [0.717, 1.165) is 29.5 Å². The number of nitrogens with one attached hydrogen (secondary N) is 1. The predicted molar refractivity (Wildman–Crippen MR) is 71.7 cm³/mol. The van der Waals surface area contributed by atoms with Crippen LogP contribution in [0.3, 0.4) is 0 Å². The molecule has 5 heteroatoms. The highest BCUT2D eigenvalue weighted by Gasteiger charge is 2.17. The van der Waals surface area contributed by atoms with Gasteiger partial charge in [0, 0.05) is 5.92 Å². The van der Waals surface area contributed by atoms with Gasteiger partial charge >= 0.3 is 0 Å². The summed E-state index contributed by atoms with van der Waals surface area (Å²) >= 11 is 4.77.